The summed E-state index contributed by atoms with van der Waals surface area (Å²) >= 11 is 4.95. The number of thiophene rings is 1. The molecule has 5 nitrogen and oxygen atoms in total. The third-order valence-electron chi connectivity index (χ3n) is 3.84. The number of amides is 1. The van der Waals surface area contributed by atoms with Crippen LogP contribution in [0.3, 0.4) is 0 Å². The van der Waals surface area contributed by atoms with E-state index < -0.39 is 17.5 Å². The first-order valence-corrected chi connectivity index (χ1v) is 9.26. The first-order chi connectivity index (χ1) is 10.7. The highest BCUT2D eigenvalue weighted by Crippen LogP contribution is 2.30. The van der Waals surface area contributed by atoms with Gasteiger partial charge in [0.15, 0.2) is 0 Å². The average Bonchev–Trinajstić information content (AvgIpc) is 3.02. The molecule has 0 aromatic carbocycles. The van der Waals surface area contributed by atoms with Gasteiger partial charge in [-0.1, -0.05) is 0 Å². The Kier molecular flexibility index (Phi) is 5.73. The Bertz CT molecular complexity index is 581. The zero-order valence-electron chi connectivity index (χ0n) is 13.5. The molecule has 1 saturated heterocycles. The van der Waals surface area contributed by atoms with Crippen molar-refractivity contribution in [3.8, 4) is 0 Å². The number of carboxylic acids is 1. The van der Waals surface area contributed by atoms with E-state index in [9.17, 15) is 14.7 Å². The highest BCUT2D eigenvalue weighted by Gasteiger charge is 2.37. The molecule has 0 aliphatic carbocycles. The van der Waals surface area contributed by atoms with Crippen molar-refractivity contribution in [3.63, 3.8) is 0 Å². The monoisotopic (exact) mass is 403 g/mol. The second kappa shape index (κ2) is 7.21. The molecule has 2 heterocycles. The number of likely N-dealkylation sites (tertiary alicyclic amines) is 1. The van der Waals surface area contributed by atoms with E-state index in [1.165, 1.54) is 0 Å². The van der Waals surface area contributed by atoms with Crippen molar-refractivity contribution in [1.29, 1.82) is 0 Å². The number of carbonyl (C=O) groups is 2. The van der Waals surface area contributed by atoms with Crippen LogP contribution in [0.2, 0.25) is 0 Å². The third-order valence-corrected chi connectivity index (χ3v) is 5.39. The van der Waals surface area contributed by atoms with Crippen molar-refractivity contribution in [2.45, 2.75) is 39.2 Å². The molecular weight excluding hydrogens is 382 g/mol. The molecule has 1 N–H and O–H groups in total. The zero-order valence-corrected chi connectivity index (χ0v) is 15.9. The summed E-state index contributed by atoms with van der Waals surface area (Å²) in [7, 11) is 0. The fourth-order valence-corrected chi connectivity index (χ4v) is 3.99. The first kappa shape index (κ1) is 18.3. The summed E-state index contributed by atoms with van der Waals surface area (Å²) in [5, 5.41) is 11.5. The molecule has 1 aliphatic heterocycles. The van der Waals surface area contributed by atoms with Crippen molar-refractivity contribution in [3.05, 3.63) is 20.8 Å². The minimum Gasteiger partial charge on any atom is -0.481 e. The molecule has 0 saturated carbocycles. The van der Waals surface area contributed by atoms with Gasteiger partial charge in [-0.2, -0.15) is 0 Å². The Morgan fingerprint density at radius 3 is 2.74 bits per heavy atom. The second-order valence-corrected chi connectivity index (χ2v) is 9.17. The molecule has 0 unspecified atom stereocenters. The normalized spacial score (nSPS) is 19.7. The van der Waals surface area contributed by atoms with Gasteiger partial charge in [0.25, 0.3) is 0 Å². The molecule has 1 aromatic rings. The molecule has 2 rings (SSSR count). The van der Waals surface area contributed by atoms with Crippen LogP contribution >= 0.6 is 27.3 Å². The van der Waals surface area contributed by atoms with Crippen LogP contribution in [0.1, 0.15) is 32.8 Å². The van der Waals surface area contributed by atoms with Crippen LogP contribution in [0.4, 0.5) is 4.79 Å². The van der Waals surface area contributed by atoms with Crippen molar-refractivity contribution in [1.82, 2.24) is 4.90 Å². The number of nitrogens with zero attached hydrogens (tertiary/aromatic N) is 1. The smallest absolute Gasteiger partial charge is 0.410 e. The third kappa shape index (κ3) is 5.21. The number of aliphatic carboxylic acids is 1. The summed E-state index contributed by atoms with van der Waals surface area (Å²) in [6.07, 6.45) is 0.827. The lowest BCUT2D eigenvalue weighted by Crippen LogP contribution is -2.36. The van der Waals surface area contributed by atoms with Gasteiger partial charge in [-0.3, -0.25) is 4.79 Å². The average molecular weight is 404 g/mol. The summed E-state index contributed by atoms with van der Waals surface area (Å²) in [6.45, 7) is 6.47. The first-order valence-electron chi connectivity index (χ1n) is 7.59. The number of ether oxygens (including phenoxy) is 1. The molecule has 1 fully saturated rings. The number of hydrogen-bond donors (Lipinski definition) is 1. The van der Waals surface area contributed by atoms with Gasteiger partial charge in [-0.15, -0.1) is 11.3 Å². The lowest BCUT2D eigenvalue weighted by molar-refractivity contribution is -0.143. The highest BCUT2D eigenvalue weighted by atomic mass is 79.9. The Morgan fingerprint density at radius 2 is 2.22 bits per heavy atom. The van der Waals surface area contributed by atoms with Crippen LogP contribution < -0.4 is 0 Å². The molecule has 128 valence electrons. The van der Waals surface area contributed by atoms with E-state index in [1.807, 2.05) is 32.2 Å². The predicted molar refractivity (Wildman–Crippen MR) is 92.8 cm³/mol. The van der Waals surface area contributed by atoms with Crippen LogP contribution in [-0.2, 0) is 16.0 Å². The van der Waals surface area contributed by atoms with Crippen LogP contribution in [0.25, 0.3) is 0 Å². The Balaban J connectivity index is 1.99. The van der Waals surface area contributed by atoms with Gasteiger partial charge in [0, 0.05) is 13.1 Å². The van der Waals surface area contributed by atoms with Gasteiger partial charge in [0.2, 0.25) is 0 Å². The van der Waals surface area contributed by atoms with Gasteiger partial charge in [0.1, 0.15) is 5.60 Å². The largest absolute Gasteiger partial charge is 0.481 e. The number of carbonyl (C=O) groups excluding carboxylic acids is 1. The maximum absolute atomic E-state index is 12.1. The SMILES string of the molecule is CC(C)(C)OC(=O)N1CC[C@H]([C@H](Cc2csc(Br)c2)C(=O)O)C1. The van der Waals surface area contributed by atoms with E-state index in [2.05, 4.69) is 15.9 Å². The van der Waals surface area contributed by atoms with E-state index >= 15 is 0 Å². The fourth-order valence-electron chi connectivity index (χ4n) is 2.77. The van der Waals surface area contributed by atoms with Crippen LogP contribution in [0.5, 0.6) is 0 Å². The molecule has 1 aliphatic rings. The molecule has 0 spiro atoms. The topological polar surface area (TPSA) is 66.8 Å². The second-order valence-electron chi connectivity index (χ2n) is 6.88. The van der Waals surface area contributed by atoms with Gasteiger partial charge in [0.05, 0.1) is 9.70 Å². The molecule has 1 amide bonds. The molecule has 7 heteroatoms. The Morgan fingerprint density at radius 1 is 1.52 bits per heavy atom. The summed E-state index contributed by atoms with van der Waals surface area (Å²) in [4.78, 5) is 25.4. The maximum atomic E-state index is 12.1. The standard InChI is InChI=1S/C16H22BrNO4S/c1-16(2,3)22-15(21)18-5-4-11(8-18)12(14(19)20)6-10-7-13(17)23-9-10/h7,9,11-12H,4-6,8H2,1-3H3,(H,19,20)/t11-,12-/m0/s1. The number of halogens is 1. The van der Waals surface area contributed by atoms with E-state index in [0.717, 1.165) is 9.35 Å². The quantitative estimate of drug-likeness (QED) is 0.824. The molecule has 0 radical (unpaired) electrons. The van der Waals surface area contributed by atoms with E-state index in [0.29, 0.717) is 25.9 Å². The van der Waals surface area contributed by atoms with E-state index in [4.69, 9.17) is 4.74 Å². The molecular formula is C16H22BrNO4S. The summed E-state index contributed by atoms with van der Waals surface area (Å²) in [5.41, 5.74) is 0.481. The minimum atomic E-state index is -0.802. The fraction of sp³-hybridized carbons (Fsp3) is 0.625. The zero-order chi connectivity index (χ0) is 17.2. The van der Waals surface area contributed by atoms with Crippen molar-refractivity contribution in [2.24, 2.45) is 11.8 Å². The van der Waals surface area contributed by atoms with Gasteiger partial charge < -0.3 is 14.7 Å². The van der Waals surface area contributed by atoms with Crippen molar-refractivity contribution < 1.29 is 19.4 Å². The van der Waals surface area contributed by atoms with Crippen LogP contribution in [-0.4, -0.2) is 40.8 Å². The lowest BCUT2D eigenvalue weighted by Gasteiger charge is -2.25. The molecule has 23 heavy (non-hydrogen) atoms. The van der Waals surface area contributed by atoms with Crippen LogP contribution in [0.15, 0.2) is 15.2 Å². The summed E-state index contributed by atoms with van der Waals surface area (Å²) < 4.78 is 6.37. The predicted octanol–water partition coefficient (Wildman–Crippen LogP) is 4.01. The van der Waals surface area contributed by atoms with Gasteiger partial charge in [-0.25, -0.2) is 4.79 Å². The number of hydrogen-bond acceptors (Lipinski definition) is 4. The highest BCUT2D eigenvalue weighted by molar-refractivity contribution is 9.11. The van der Waals surface area contributed by atoms with E-state index in [-0.39, 0.29) is 12.0 Å². The summed E-state index contributed by atoms with van der Waals surface area (Å²) in [6, 6.07) is 1.96. The molecule has 2 atom stereocenters. The maximum Gasteiger partial charge on any atom is 0.410 e. The Labute approximate surface area is 148 Å². The molecule has 0 bridgehead atoms. The van der Waals surface area contributed by atoms with E-state index in [1.54, 1.807) is 16.2 Å². The lowest BCUT2D eigenvalue weighted by atomic mass is 9.87. The van der Waals surface area contributed by atoms with Crippen molar-refractivity contribution >= 4 is 39.3 Å². The summed E-state index contributed by atoms with van der Waals surface area (Å²) in [5.74, 6) is -1.33. The van der Waals surface area contributed by atoms with Crippen LogP contribution in [0, 0.1) is 11.8 Å². The molecule has 1 aromatic heterocycles. The van der Waals surface area contributed by atoms with Crippen molar-refractivity contribution in [2.75, 3.05) is 13.1 Å². The number of rotatable bonds is 4. The van der Waals surface area contributed by atoms with Gasteiger partial charge >= 0.3 is 12.1 Å². The number of carboxylic acid groups (broad SMARTS) is 1. The Hall–Kier alpha value is -1.08. The minimum absolute atomic E-state index is 0.0429. The van der Waals surface area contributed by atoms with Gasteiger partial charge in [-0.05, 0) is 72.5 Å².